The minimum atomic E-state index is -0.251. The van der Waals surface area contributed by atoms with E-state index in [4.69, 9.17) is 0 Å². The van der Waals surface area contributed by atoms with Crippen molar-refractivity contribution in [2.75, 3.05) is 0 Å². The molecule has 2 heteroatoms. The standard InChI is InChI=1S/C8H18ISi/c1-7(2,3)10(9)8(4,5)6/h1-6H3. The van der Waals surface area contributed by atoms with Gasteiger partial charge in [0.05, 0.1) is 0 Å². The van der Waals surface area contributed by atoms with E-state index in [0.717, 1.165) is 0 Å². The van der Waals surface area contributed by atoms with Crippen LogP contribution >= 0.6 is 21.8 Å². The molecule has 0 aliphatic heterocycles. The van der Waals surface area contributed by atoms with Gasteiger partial charge in [-0.2, -0.15) is 0 Å². The number of halogens is 1. The molecule has 0 N–H and O–H groups in total. The van der Waals surface area contributed by atoms with Crippen molar-refractivity contribution in [2.45, 2.75) is 51.6 Å². The topological polar surface area (TPSA) is 0 Å². The molecule has 0 bridgehead atoms. The predicted octanol–water partition coefficient (Wildman–Crippen LogP) is 4.01. The summed E-state index contributed by atoms with van der Waals surface area (Å²) in [6.07, 6.45) is -0.251. The van der Waals surface area contributed by atoms with Gasteiger partial charge in [-0.15, -0.1) is 21.8 Å². The molecule has 0 fully saturated rings. The number of hydrogen-bond acceptors (Lipinski definition) is 0. The van der Waals surface area contributed by atoms with Gasteiger partial charge < -0.3 is 0 Å². The first-order valence-electron chi connectivity index (χ1n) is 3.69. The zero-order valence-electron chi connectivity index (χ0n) is 7.88. The number of rotatable bonds is 0. The van der Waals surface area contributed by atoms with E-state index < -0.39 is 0 Å². The summed E-state index contributed by atoms with van der Waals surface area (Å²) in [6.45, 7) is 14.1. The smallest absolute Gasteiger partial charge is 0.120 e. The highest BCUT2D eigenvalue weighted by Gasteiger charge is 2.34. The van der Waals surface area contributed by atoms with E-state index >= 15 is 0 Å². The summed E-state index contributed by atoms with van der Waals surface area (Å²) < 4.78 is 0. The lowest BCUT2D eigenvalue weighted by molar-refractivity contribution is 0.665. The fourth-order valence-electron chi connectivity index (χ4n) is 1.12. The molecule has 0 rings (SSSR count). The van der Waals surface area contributed by atoms with Crippen molar-refractivity contribution < 1.29 is 0 Å². The molecular formula is C8H18ISi. The van der Waals surface area contributed by atoms with E-state index in [1.165, 1.54) is 0 Å². The van der Waals surface area contributed by atoms with Crippen LogP contribution in [0, 0.1) is 0 Å². The molecule has 0 aromatic carbocycles. The van der Waals surface area contributed by atoms with Crippen molar-refractivity contribution in [1.29, 1.82) is 0 Å². The maximum Gasteiger partial charge on any atom is 0.141 e. The molecule has 0 atom stereocenters. The van der Waals surface area contributed by atoms with Crippen LogP contribution < -0.4 is 0 Å². The lowest BCUT2D eigenvalue weighted by Gasteiger charge is -2.34. The van der Waals surface area contributed by atoms with E-state index in [9.17, 15) is 0 Å². The maximum absolute atomic E-state index is 2.66. The van der Waals surface area contributed by atoms with E-state index in [1.54, 1.807) is 0 Å². The Kier molecular flexibility index (Phi) is 3.43. The Balaban J connectivity index is 4.23. The Morgan fingerprint density at radius 1 is 0.800 bits per heavy atom. The molecule has 0 unspecified atom stereocenters. The van der Waals surface area contributed by atoms with Gasteiger partial charge in [-0.3, -0.25) is 0 Å². The van der Waals surface area contributed by atoms with E-state index in [1.807, 2.05) is 0 Å². The molecule has 0 aromatic heterocycles. The van der Waals surface area contributed by atoms with Gasteiger partial charge in [0.1, 0.15) is 6.29 Å². The summed E-state index contributed by atoms with van der Waals surface area (Å²) in [5.74, 6) is 0. The summed E-state index contributed by atoms with van der Waals surface area (Å²) in [4.78, 5) is 0. The Hall–Kier alpha value is 0.947. The van der Waals surface area contributed by atoms with Gasteiger partial charge in [0.15, 0.2) is 0 Å². The molecule has 0 saturated heterocycles. The first kappa shape index (κ1) is 10.9. The van der Waals surface area contributed by atoms with Gasteiger partial charge >= 0.3 is 0 Å². The maximum atomic E-state index is 2.66. The average molecular weight is 269 g/mol. The van der Waals surface area contributed by atoms with E-state index in [2.05, 4.69) is 63.3 Å². The van der Waals surface area contributed by atoms with Crippen LogP contribution in [0.3, 0.4) is 0 Å². The second-order valence-electron chi connectivity index (χ2n) is 4.81. The van der Waals surface area contributed by atoms with Crippen LogP contribution in [0.15, 0.2) is 0 Å². The van der Waals surface area contributed by atoms with Crippen molar-refractivity contribution in [3.05, 3.63) is 0 Å². The monoisotopic (exact) mass is 269 g/mol. The SMILES string of the molecule is CC(C)(C)[Si](I)C(C)(C)C. The normalized spacial score (nSPS) is 14.4. The van der Waals surface area contributed by atoms with Gasteiger partial charge in [0.2, 0.25) is 0 Å². The molecular weight excluding hydrogens is 251 g/mol. The van der Waals surface area contributed by atoms with Crippen LogP contribution in [0.25, 0.3) is 0 Å². The summed E-state index contributed by atoms with van der Waals surface area (Å²) >= 11 is 2.66. The molecule has 0 saturated carbocycles. The largest absolute Gasteiger partial charge is 0.141 e. The minimum Gasteiger partial charge on any atom is -0.120 e. The van der Waals surface area contributed by atoms with E-state index in [0.29, 0.717) is 10.1 Å². The van der Waals surface area contributed by atoms with Crippen LogP contribution in [0.2, 0.25) is 10.1 Å². The van der Waals surface area contributed by atoms with Gasteiger partial charge in [0.25, 0.3) is 0 Å². The third-order valence-corrected chi connectivity index (χ3v) is 13.7. The zero-order valence-corrected chi connectivity index (χ0v) is 11.0. The fourth-order valence-corrected chi connectivity index (χ4v) is 3.38. The van der Waals surface area contributed by atoms with Crippen molar-refractivity contribution >= 4 is 28.1 Å². The van der Waals surface area contributed by atoms with Crippen LogP contribution in [-0.2, 0) is 0 Å². The highest BCUT2D eigenvalue weighted by atomic mass is 127. The summed E-state index contributed by atoms with van der Waals surface area (Å²) in [6, 6.07) is 0. The molecule has 0 aromatic rings. The van der Waals surface area contributed by atoms with Gasteiger partial charge in [-0.05, 0) is 10.1 Å². The van der Waals surface area contributed by atoms with Crippen molar-refractivity contribution in [3.8, 4) is 0 Å². The number of hydrogen-bond donors (Lipinski definition) is 0. The average Bonchev–Trinajstić information content (AvgIpc) is 1.59. The first-order valence-corrected chi connectivity index (χ1v) is 8.30. The third-order valence-electron chi connectivity index (χ3n) is 1.32. The Morgan fingerprint density at radius 2 is 1.00 bits per heavy atom. The fraction of sp³-hybridized carbons (Fsp3) is 1.00. The summed E-state index contributed by atoms with van der Waals surface area (Å²) in [5.41, 5.74) is 0. The molecule has 0 aliphatic carbocycles. The van der Waals surface area contributed by atoms with Crippen LogP contribution in [0.5, 0.6) is 0 Å². The Bertz CT molecular complexity index is 93.4. The second-order valence-corrected chi connectivity index (χ2v) is 11.7. The van der Waals surface area contributed by atoms with E-state index in [-0.39, 0.29) is 6.29 Å². The van der Waals surface area contributed by atoms with Gasteiger partial charge in [-0.25, -0.2) is 0 Å². The van der Waals surface area contributed by atoms with Crippen LogP contribution in [0.1, 0.15) is 41.5 Å². The molecule has 0 heterocycles. The Morgan fingerprint density at radius 3 is 1.00 bits per heavy atom. The van der Waals surface area contributed by atoms with Crippen molar-refractivity contribution in [1.82, 2.24) is 0 Å². The molecule has 0 aliphatic rings. The van der Waals surface area contributed by atoms with Crippen molar-refractivity contribution in [3.63, 3.8) is 0 Å². The Labute approximate surface area is 79.6 Å². The molecule has 10 heavy (non-hydrogen) atoms. The first-order chi connectivity index (χ1) is 4.15. The summed E-state index contributed by atoms with van der Waals surface area (Å²) in [5, 5.41) is 1.06. The predicted molar refractivity (Wildman–Crippen MR) is 59.2 cm³/mol. The molecule has 0 amide bonds. The highest BCUT2D eigenvalue weighted by Crippen LogP contribution is 2.45. The highest BCUT2D eigenvalue weighted by molar-refractivity contribution is 14.1. The van der Waals surface area contributed by atoms with Crippen LogP contribution in [0.4, 0.5) is 0 Å². The zero-order chi connectivity index (χ0) is 8.58. The third kappa shape index (κ3) is 3.37. The second kappa shape index (κ2) is 3.13. The molecule has 1 radical (unpaired) electrons. The van der Waals surface area contributed by atoms with Crippen molar-refractivity contribution in [2.24, 2.45) is 0 Å². The van der Waals surface area contributed by atoms with Gasteiger partial charge in [-0.1, -0.05) is 41.5 Å². The molecule has 0 nitrogen and oxygen atoms in total. The summed E-state index contributed by atoms with van der Waals surface area (Å²) in [7, 11) is 0. The minimum absolute atomic E-state index is 0.251. The van der Waals surface area contributed by atoms with Crippen LogP contribution in [-0.4, -0.2) is 6.29 Å². The molecule has 61 valence electrons. The van der Waals surface area contributed by atoms with Gasteiger partial charge in [0, 0.05) is 0 Å². The molecule has 0 spiro atoms. The lowest BCUT2D eigenvalue weighted by Crippen LogP contribution is -2.28. The quantitative estimate of drug-likeness (QED) is 0.354. The lowest BCUT2D eigenvalue weighted by atomic mass is 10.2.